The second kappa shape index (κ2) is 6.25. The van der Waals surface area contributed by atoms with Crippen LogP contribution in [0.3, 0.4) is 0 Å². The summed E-state index contributed by atoms with van der Waals surface area (Å²) in [4.78, 5) is 13.6. The molecule has 0 atom stereocenters. The number of carbonyl (C=O) groups is 1. The minimum Gasteiger partial charge on any atom is -0.507 e. The van der Waals surface area contributed by atoms with Crippen LogP contribution in [0.1, 0.15) is 22.8 Å². The van der Waals surface area contributed by atoms with Crippen molar-refractivity contribution in [3.8, 4) is 5.75 Å². The highest BCUT2D eigenvalue weighted by atomic mass is 16.5. The highest BCUT2D eigenvalue weighted by molar-refractivity contribution is 5.97. The number of ether oxygens (including phenoxy) is 1. The van der Waals surface area contributed by atoms with Gasteiger partial charge in [0.15, 0.2) is 0 Å². The fourth-order valence-electron chi connectivity index (χ4n) is 1.48. The number of phenols is 1. The molecule has 1 aromatic rings. The third kappa shape index (κ3) is 3.46. The first kappa shape index (κ1) is 13.5. The number of benzene rings is 1. The van der Waals surface area contributed by atoms with Crippen molar-refractivity contribution in [1.82, 2.24) is 4.90 Å². The molecule has 0 aliphatic rings. The van der Waals surface area contributed by atoms with E-state index in [2.05, 4.69) is 0 Å². The molecule has 4 heteroatoms. The zero-order chi connectivity index (χ0) is 12.8. The van der Waals surface area contributed by atoms with E-state index >= 15 is 0 Å². The molecule has 0 fully saturated rings. The van der Waals surface area contributed by atoms with Crippen LogP contribution < -0.4 is 0 Å². The minimum atomic E-state index is -0.189. The number of aryl methyl sites for hydroxylation is 1. The van der Waals surface area contributed by atoms with Gasteiger partial charge in [0, 0.05) is 20.2 Å². The van der Waals surface area contributed by atoms with Gasteiger partial charge in [-0.15, -0.1) is 0 Å². The molecule has 17 heavy (non-hydrogen) atoms. The van der Waals surface area contributed by atoms with Crippen LogP contribution in [0, 0.1) is 6.92 Å². The zero-order valence-corrected chi connectivity index (χ0v) is 10.6. The summed E-state index contributed by atoms with van der Waals surface area (Å²) in [6.07, 6.45) is 0. The van der Waals surface area contributed by atoms with E-state index in [-0.39, 0.29) is 11.7 Å². The summed E-state index contributed by atoms with van der Waals surface area (Å²) in [5.41, 5.74) is 1.04. The lowest BCUT2D eigenvalue weighted by atomic mass is 10.1. The SMILES string of the molecule is CCOCCN(C)C(=O)c1cccc(C)c1O. The summed E-state index contributed by atoms with van der Waals surface area (Å²) in [5.74, 6) is -0.133. The summed E-state index contributed by atoms with van der Waals surface area (Å²) in [7, 11) is 1.70. The van der Waals surface area contributed by atoms with Crippen LogP contribution in [0.25, 0.3) is 0 Å². The van der Waals surface area contributed by atoms with E-state index in [0.717, 1.165) is 0 Å². The number of carbonyl (C=O) groups excluding carboxylic acids is 1. The van der Waals surface area contributed by atoms with Crippen LogP contribution in [-0.2, 0) is 4.74 Å². The van der Waals surface area contributed by atoms with Crippen molar-refractivity contribution in [2.45, 2.75) is 13.8 Å². The summed E-state index contributed by atoms with van der Waals surface area (Å²) >= 11 is 0. The van der Waals surface area contributed by atoms with E-state index in [1.165, 1.54) is 0 Å². The van der Waals surface area contributed by atoms with Crippen LogP contribution in [-0.4, -0.2) is 42.7 Å². The van der Waals surface area contributed by atoms with Crippen molar-refractivity contribution in [2.75, 3.05) is 26.8 Å². The van der Waals surface area contributed by atoms with Gasteiger partial charge in [-0.25, -0.2) is 0 Å². The van der Waals surface area contributed by atoms with E-state index in [1.54, 1.807) is 37.1 Å². The molecule has 0 unspecified atom stereocenters. The molecular formula is C13H19NO3. The summed E-state index contributed by atoms with van der Waals surface area (Å²) in [5, 5.41) is 9.81. The van der Waals surface area contributed by atoms with Gasteiger partial charge < -0.3 is 14.7 Å². The molecule has 0 radical (unpaired) electrons. The third-order valence-electron chi connectivity index (χ3n) is 2.59. The topological polar surface area (TPSA) is 49.8 Å². The Hall–Kier alpha value is -1.55. The molecule has 0 saturated carbocycles. The lowest BCUT2D eigenvalue weighted by Crippen LogP contribution is -2.30. The van der Waals surface area contributed by atoms with Gasteiger partial charge >= 0.3 is 0 Å². The normalized spacial score (nSPS) is 10.3. The number of hydrogen-bond acceptors (Lipinski definition) is 3. The predicted octanol–water partition coefficient (Wildman–Crippen LogP) is 1.81. The molecule has 4 nitrogen and oxygen atoms in total. The maximum absolute atomic E-state index is 12.0. The van der Waals surface area contributed by atoms with Crippen LogP contribution in [0.15, 0.2) is 18.2 Å². The second-order valence-electron chi connectivity index (χ2n) is 3.89. The van der Waals surface area contributed by atoms with E-state index in [4.69, 9.17) is 4.74 Å². The Balaban J connectivity index is 2.71. The number of aromatic hydroxyl groups is 1. The molecule has 94 valence electrons. The Kier molecular flexibility index (Phi) is 4.97. The number of likely N-dealkylation sites (N-methyl/N-ethyl adjacent to an activating group) is 1. The van der Waals surface area contributed by atoms with E-state index in [1.807, 2.05) is 6.92 Å². The largest absolute Gasteiger partial charge is 0.507 e. The predicted molar refractivity (Wildman–Crippen MR) is 66.3 cm³/mol. The average Bonchev–Trinajstić information content (AvgIpc) is 2.32. The van der Waals surface area contributed by atoms with Gasteiger partial charge in [0.1, 0.15) is 5.75 Å². The van der Waals surface area contributed by atoms with Crippen molar-refractivity contribution < 1.29 is 14.6 Å². The van der Waals surface area contributed by atoms with Gasteiger partial charge in [-0.2, -0.15) is 0 Å². The zero-order valence-electron chi connectivity index (χ0n) is 10.6. The average molecular weight is 237 g/mol. The van der Waals surface area contributed by atoms with Gasteiger partial charge in [0.25, 0.3) is 5.91 Å². The highest BCUT2D eigenvalue weighted by Crippen LogP contribution is 2.22. The summed E-state index contributed by atoms with van der Waals surface area (Å²) < 4.78 is 5.19. The van der Waals surface area contributed by atoms with Crippen molar-refractivity contribution >= 4 is 5.91 Å². The number of hydrogen-bond donors (Lipinski definition) is 1. The first-order valence-electron chi connectivity index (χ1n) is 5.69. The maximum Gasteiger partial charge on any atom is 0.257 e. The van der Waals surface area contributed by atoms with Crippen molar-refractivity contribution in [3.05, 3.63) is 29.3 Å². The molecular weight excluding hydrogens is 218 g/mol. The van der Waals surface area contributed by atoms with E-state index < -0.39 is 0 Å². The molecule has 0 aliphatic carbocycles. The monoisotopic (exact) mass is 237 g/mol. The number of rotatable bonds is 5. The van der Waals surface area contributed by atoms with Gasteiger partial charge in [-0.05, 0) is 25.5 Å². The van der Waals surface area contributed by atoms with Crippen molar-refractivity contribution in [3.63, 3.8) is 0 Å². The van der Waals surface area contributed by atoms with Crippen LogP contribution in [0.2, 0.25) is 0 Å². The molecule has 1 rings (SSSR count). The lowest BCUT2D eigenvalue weighted by Gasteiger charge is -2.18. The highest BCUT2D eigenvalue weighted by Gasteiger charge is 2.16. The van der Waals surface area contributed by atoms with Gasteiger partial charge in [0.05, 0.1) is 12.2 Å². The number of para-hydroxylation sites is 1. The molecule has 1 N–H and O–H groups in total. The molecule has 0 heterocycles. The van der Waals surface area contributed by atoms with Crippen LogP contribution in [0.4, 0.5) is 0 Å². The van der Waals surface area contributed by atoms with Gasteiger partial charge in [-0.1, -0.05) is 12.1 Å². The maximum atomic E-state index is 12.0. The van der Waals surface area contributed by atoms with Crippen LogP contribution >= 0.6 is 0 Å². The minimum absolute atomic E-state index is 0.0563. The summed E-state index contributed by atoms with van der Waals surface area (Å²) in [6.45, 7) is 5.34. The lowest BCUT2D eigenvalue weighted by molar-refractivity contribution is 0.0707. The fraction of sp³-hybridized carbons (Fsp3) is 0.462. The summed E-state index contributed by atoms with van der Waals surface area (Å²) in [6, 6.07) is 5.16. The Morgan fingerprint density at radius 1 is 1.47 bits per heavy atom. The molecule has 0 aliphatic heterocycles. The third-order valence-corrected chi connectivity index (χ3v) is 2.59. The molecule has 1 aromatic carbocycles. The Labute approximate surface area is 102 Å². The number of amides is 1. The molecule has 0 bridgehead atoms. The standard InChI is InChI=1S/C13H19NO3/c1-4-17-9-8-14(3)13(16)11-7-5-6-10(2)12(11)15/h5-7,15H,4,8-9H2,1-3H3. The first-order valence-corrected chi connectivity index (χ1v) is 5.69. The Bertz CT molecular complexity index is 390. The van der Waals surface area contributed by atoms with E-state index in [0.29, 0.717) is 30.9 Å². The molecule has 1 amide bonds. The number of nitrogens with zero attached hydrogens (tertiary/aromatic N) is 1. The molecule has 0 saturated heterocycles. The quantitative estimate of drug-likeness (QED) is 0.794. The van der Waals surface area contributed by atoms with Crippen molar-refractivity contribution in [2.24, 2.45) is 0 Å². The Morgan fingerprint density at radius 2 is 2.18 bits per heavy atom. The fourth-order valence-corrected chi connectivity index (χ4v) is 1.48. The molecule has 0 spiro atoms. The first-order chi connectivity index (χ1) is 8.07. The van der Waals surface area contributed by atoms with E-state index in [9.17, 15) is 9.90 Å². The number of phenolic OH excluding ortho intramolecular Hbond substituents is 1. The van der Waals surface area contributed by atoms with Gasteiger partial charge in [0.2, 0.25) is 0 Å². The van der Waals surface area contributed by atoms with Crippen molar-refractivity contribution in [1.29, 1.82) is 0 Å². The molecule has 0 aromatic heterocycles. The second-order valence-corrected chi connectivity index (χ2v) is 3.89. The van der Waals surface area contributed by atoms with Gasteiger partial charge in [-0.3, -0.25) is 4.79 Å². The Morgan fingerprint density at radius 3 is 2.82 bits per heavy atom. The van der Waals surface area contributed by atoms with Crippen LogP contribution in [0.5, 0.6) is 5.75 Å². The smallest absolute Gasteiger partial charge is 0.257 e.